The van der Waals surface area contributed by atoms with E-state index in [1.165, 1.54) is 19.2 Å². The topological polar surface area (TPSA) is 63.6 Å². The Morgan fingerprint density at radius 2 is 1.58 bits per heavy atom. The molecule has 0 saturated heterocycles. The van der Waals surface area contributed by atoms with E-state index in [1.807, 2.05) is 6.07 Å². The maximum atomic E-state index is 11.8. The van der Waals surface area contributed by atoms with Crippen molar-refractivity contribution in [3.63, 3.8) is 0 Å². The zero-order valence-electron chi connectivity index (χ0n) is 10.3. The van der Waals surface area contributed by atoms with Gasteiger partial charge in [-0.25, -0.2) is 9.59 Å². The Balaban J connectivity index is 2.74. The third kappa shape index (κ3) is 2.47. The number of hydrogen-bond acceptors (Lipinski definition) is 3. The summed E-state index contributed by atoms with van der Waals surface area (Å²) in [6.07, 6.45) is 0. The number of carboxylic acid groups (broad SMARTS) is 1. The van der Waals surface area contributed by atoms with E-state index >= 15 is 0 Å². The molecule has 0 fully saturated rings. The molecule has 19 heavy (non-hydrogen) atoms. The Morgan fingerprint density at radius 1 is 0.947 bits per heavy atom. The standard InChI is InChI=1S/C15H12O4/c1-19-15(18)12-9-5-8-11(14(16)17)13(12)10-6-3-2-4-7-10/h2-9H,1H3,(H,16,17). The Hall–Kier alpha value is -2.62. The summed E-state index contributed by atoms with van der Waals surface area (Å²) in [4.78, 5) is 23.1. The van der Waals surface area contributed by atoms with Crippen LogP contribution in [0.15, 0.2) is 48.5 Å². The number of methoxy groups -OCH3 is 1. The van der Waals surface area contributed by atoms with Gasteiger partial charge in [0, 0.05) is 5.56 Å². The molecule has 4 nitrogen and oxygen atoms in total. The zero-order chi connectivity index (χ0) is 13.8. The fraction of sp³-hybridized carbons (Fsp3) is 0.0667. The molecule has 0 heterocycles. The minimum atomic E-state index is -1.08. The van der Waals surface area contributed by atoms with Crippen LogP contribution in [0.2, 0.25) is 0 Å². The van der Waals surface area contributed by atoms with Crippen LogP contribution in [0.5, 0.6) is 0 Å². The second-order valence-electron chi connectivity index (χ2n) is 3.89. The summed E-state index contributed by atoms with van der Waals surface area (Å²) < 4.78 is 4.70. The molecule has 0 spiro atoms. The first-order valence-electron chi connectivity index (χ1n) is 5.65. The summed E-state index contributed by atoms with van der Waals surface area (Å²) in [5.74, 6) is -1.63. The van der Waals surface area contributed by atoms with Crippen LogP contribution < -0.4 is 0 Å². The van der Waals surface area contributed by atoms with Crippen molar-refractivity contribution in [3.8, 4) is 11.1 Å². The molecule has 0 aliphatic heterocycles. The molecular weight excluding hydrogens is 244 g/mol. The minimum Gasteiger partial charge on any atom is -0.478 e. The number of benzene rings is 2. The van der Waals surface area contributed by atoms with Crippen molar-refractivity contribution >= 4 is 11.9 Å². The van der Waals surface area contributed by atoms with Crippen molar-refractivity contribution in [1.82, 2.24) is 0 Å². The number of carboxylic acids is 1. The first kappa shape index (κ1) is 12.8. The second kappa shape index (κ2) is 5.35. The minimum absolute atomic E-state index is 0.0779. The molecular formula is C15H12O4. The fourth-order valence-corrected chi connectivity index (χ4v) is 1.93. The van der Waals surface area contributed by atoms with Crippen LogP contribution in [0.3, 0.4) is 0 Å². The van der Waals surface area contributed by atoms with Crippen LogP contribution in [-0.4, -0.2) is 24.2 Å². The van der Waals surface area contributed by atoms with E-state index in [0.29, 0.717) is 11.1 Å². The molecule has 1 N–H and O–H groups in total. The number of carbonyl (C=O) groups is 2. The van der Waals surface area contributed by atoms with E-state index in [0.717, 1.165) is 0 Å². The van der Waals surface area contributed by atoms with Crippen LogP contribution in [-0.2, 0) is 4.74 Å². The van der Waals surface area contributed by atoms with E-state index < -0.39 is 11.9 Å². The van der Waals surface area contributed by atoms with Gasteiger partial charge in [0.2, 0.25) is 0 Å². The molecule has 0 saturated carbocycles. The molecule has 4 heteroatoms. The van der Waals surface area contributed by atoms with Gasteiger partial charge in [-0.2, -0.15) is 0 Å². The molecule has 0 bridgehead atoms. The highest BCUT2D eigenvalue weighted by atomic mass is 16.5. The summed E-state index contributed by atoms with van der Waals surface area (Å²) in [5.41, 5.74) is 1.37. The van der Waals surface area contributed by atoms with Crippen LogP contribution in [0.25, 0.3) is 11.1 Å². The SMILES string of the molecule is COC(=O)c1cccc(C(=O)O)c1-c1ccccc1. The van der Waals surface area contributed by atoms with Gasteiger partial charge >= 0.3 is 11.9 Å². The monoisotopic (exact) mass is 256 g/mol. The van der Waals surface area contributed by atoms with Crippen molar-refractivity contribution in [3.05, 3.63) is 59.7 Å². The second-order valence-corrected chi connectivity index (χ2v) is 3.89. The van der Waals surface area contributed by atoms with E-state index in [1.54, 1.807) is 30.3 Å². The summed E-state index contributed by atoms with van der Waals surface area (Å²) in [5, 5.41) is 9.25. The van der Waals surface area contributed by atoms with Crippen molar-refractivity contribution < 1.29 is 19.4 Å². The fourth-order valence-electron chi connectivity index (χ4n) is 1.93. The van der Waals surface area contributed by atoms with Crippen LogP contribution in [0.1, 0.15) is 20.7 Å². The summed E-state index contributed by atoms with van der Waals surface area (Å²) in [6.45, 7) is 0. The molecule has 96 valence electrons. The molecule has 2 aromatic rings. The highest BCUT2D eigenvalue weighted by Gasteiger charge is 2.19. The van der Waals surface area contributed by atoms with Gasteiger partial charge < -0.3 is 9.84 Å². The lowest BCUT2D eigenvalue weighted by atomic mass is 9.94. The van der Waals surface area contributed by atoms with Crippen molar-refractivity contribution in [2.24, 2.45) is 0 Å². The van der Waals surface area contributed by atoms with Gasteiger partial charge in [-0.3, -0.25) is 0 Å². The van der Waals surface area contributed by atoms with Gasteiger partial charge in [0.15, 0.2) is 0 Å². The average molecular weight is 256 g/mol. The highest BCUT2D eigenvalue weighted by Crippen LogP contribution is 2.28. The molecule has 2 aromatic carbocycles. The van der Waals surface area contributed by atoms with Gasteiger partial charge in [0.05, 0.1) is 18.2 Å². The number of carbonyl (C=O) groups excluding carboxylic acids is 1. The van der Waals surface area contributed by atoms with E-state index in [4.69, 9.17) is 4.74 Å². The Kier molecular flexibility index (Phi) is 3.61. The van der Waals surface area contributed by atoms with Gasteiger partial charge in [-0.05, 0) is 17.7 Å². The maximum Gasteiger partial charge on any atom is 0.338 e. The normalized spacial score (nSPS) is 9.95. The lowest BCUT2D eigenvalue weighted by Gasteiger charge is -2.11. The molecule has 0 aromatic heterocycles. The molecule has 0 aliphatic rings. The Bertz CT molecular complexity index is 617. The largest absolute Gasteiger partial charge is 0.478 e. The predicted molar refractivity (Wildman–Crippen MR) is 70.2 cm³/mol. The lowest BCUT2D eigenvalue weighted by molar-refractivity contribution is 0.0601. The van der Waals surface area contributed by atoms with E-state index in [2.05, 4.69) is 0 Å². The number of rotatable bonds is 3. The van der Waals surface area contributed by atoms with Crippen LogP contribution >= 0.6 is 0 Å². The number of esters is 1. The van der Waals surface area contributed by atoms with Gasteiger partial charge in [0.25, 0.3) is 0 Å². The Labute approximate surface area is 110 Å². The van der Waals surface area contributed by atoms with Crippen molar-refractivity contribution in [1.29, 1.82) is 0 Å². The molecule has 0 unspecified atom stereocenters. The number of aromatic carboxylic acids is 1. The first-order chi connectivity index (χ1) is 9.15. The third-order valence-electron chi connectivity index (χ3n) is 2.76. The maximum absolute atomic E-state index is 11.8. The van der Waals surface area contributed by atoms with Gasteiger partial charge in [0.1, 0.15) is 0 Å². The van der Waals surface area contributed by atoms with Crippen molar-refractivity contribution in [2.45, 2.75) is 0 Å². The third-order valence-corrected chi connectivity index (χ3v) is 2.76. The molecule has 0 atom stereocenters. The zero-order valence-corrected chi connectivity index (χ0v) is 10.3. The first-order valence-corrected chi connectivity index (χ1v) is 5.65. The predicted octanol–water partition coefficient (Wildman–Crippen LogP) is 2.84. The highest BCUT2D eigenvalue weighted by molar-refractivity contribution is 6.05. The van der Waals surface area contributed by atoms with Gasteiger partial charge in [-0.15, -0.1) is 0 Å². The van der Waals surface area contributed by atoms with Crippen LogP contribution in [0.4, 0.5) is 0 Å². The molecule has 0 radical (unpaired) electrons. The summed E-state index contributed by atoms with van der Waals surface area (Å²) in [7, 11) is 1.27. The van der Waals surface area contributed by atoms with E-state index in [9.17, 15) is 14.7 Å². The molecule has 2 rings (SSSR count). The smallest absolute Gasteiger partial charge is 0.338 e. The molecule has 0 aliphatic carbocycles. The Morgan fingerprint density at radius 3 is 2.16 bits per heavy atom. The molecule has 0 amide bonds. The van der Waals surface area contributed by atoms with E-state index in [-0.39, 0.29) is 11.1 Å². The quantitative estimate of drug-likeness (QED) is 0.858. The summed E-state index contributed by atoms with van der Waals surface area (Å²) in [6, 6.07) is 13.5. The number of hydrogen-bond donors (Lipinski definition) is 1. The van der Waals surface area contributed by atoms with Gasteiger partial charge in [-0.1, -0.05) is 36.4 Å². The average Bonchev–Trinajstić information content (AvgIpc) is 2.46. The number of ether oxygens (including phenoxy) is 1. The summed E-state index contributed by atoms with van der Waals surface area (Å²) >= 11 is 0. The van der Waals surface area contributed by atoms with Crippen LogP contribution in [0, 0.1) is 0 Å². The van der Waals surface area contributed by atoms with Crippen molar-refractivity contribution in [2.75, 3.05) is 7.11 Å². The lowest BCUT2D eigenvalue weighted by Crippen LogP contribution is -2.08.